The predicted octanol–water partition coefficient (Wildman–Crippen LogP) is 3.15. The van der Waals surface area contributed by atoms with Gasteiger partial charge in [0.2, 0.25) is 0 Å². The van der Waals surface area contributed by atoms with Crippen LogP contribution in [0.3, 0.4) is 0 Å². The summed E-state index contributed by atoms with van der Waals surface area (Å²) in [5.74, 6) is -0.396. The highest BCUT2D eigenvalue weighted by Gasteiger charge is 2.14. The number of methoxy groups -OCH3 is 1. The maximum absolute atomic E-state index is 12.1. The number of benzene rings is 2. The molecule has 0 aliphatic heterocycles. The smallest absolute Gasteiger partial charge is 0.276 e. The Hall–Kier alpha value is -2.44. The zero-order chi connectivity index (χ0) is 18.4. The topological polar surface area (TPSA) is 76.7 Å². The number of ether oxygens (including phenoxy) is 2. The van der Waals surface area contributed by atoms with Gasteiger partial charge in [0.05, 0.1) is 17.7 Å². The zero-order valence-corrected chi connectivity index (χ0v) is 15.1. The molecule has 2 aromatic rings. The average molecular weight is 383 g/mol. The summed E-state index contributed by atoms with van der Waals surface area (Å²) in [4.78, 5) is 23.9. The van der Waals surface area contributed by atoms with Crippen LogP contribution in [0.2, 0.25) is 10.0 Å². The molecule has 0 aliphatic carbocycles. The van der Waals surface area contributed by atoms with Crippen LogP contribution in [0, 0.1) is 6.92 Å². The highest BCUT2D eigenvalue weighted by atomic mass is 35.5. The fourth-order valence-corrected chi connectivity index (χ4v) is 2.30. The summed E-state index contributed by atoms with van der Waals surface area (Å²) < 4.78 is 10.4. The number of hydrogen-bond acceptors (Lipinski definition) is 4. The monoisotopic (exact) mass is 382 g/mol. The number of rotatable bonds is 5. The third kappa shape index (κ3) is 5.27. The first-order valence-corrected chi connectivity index (χ1v) is 7.98. The second kappa shape index (κ2) is 8.60. The molecule has 8 heteroatoms. The standard InChI is InChI=1S/C17H16Cl2N2O4/c1-10-3-5-13(19)15(7-10)25-9-16(22)20-21-17(23)12-8-11(18)4-6-14(12)24-2/h3-8H,9H2,1-2H3,(H,20,22)(H,21,23). The molecule has 0 saturated heterocycles. The maximum atomic E-state index is 12.1. The molecule has 0 radical (unpaired) electrons. The van der Waals surface area contributed by atoms with Gasteiger partial charge in [-0.25, -0.2) is 0 Å². The highest BCUT2D eigenvalue weighted by Crippen LogP contribution is 2.25. The van der Waals surface area contributed by atoms with Crippen molar-refractivity contribution in [2.75, 3.05) is 13.7 Å². The summed E-state index contributed by atoms with van der Waals surface area (Å²) in [7, 11) is 1.43. The SMILES string of the molecule is COc1ccc(Cl)cc1C(=O)NNC(=O)COc1cc(C)ccc1Cl. The summed E-state index contributed by atoms with van der Waals surface area (Å²) in [6.45, 7) is 1.57. The Labute approximate surface area is 155 Å². The predicted molar refractivity (Wildman–Crippen MR) is 95.3 cm³/mol. The average Bonchev–Trinajstić information content (AvgIpc) is 2.60. The second-order valence-corrected chi connectivity index (χ2v) is 5.91. The molecule has 0 aromatic heterocycles. The first-order chi connectivity index (χ1) is 11.9. The largest absolute Gasteiger partial charge is 0.496 e. The molecule has 0 spiro atoms. The Morgan fingerprint density at radius 1 is 1.04 bits per heavy atom. The molecule has 0 saturated carbocycles. The number of aryl methyl sites for hydroxylation is 1. The zero-order valence-electron chi connectivity index (χ0n) is 13.6. The molecular formula is C17H16Cl2N2O4. The van der Waals surface area contributed by atoms with E-state index in [0.29, 0.717) is 21.5 Å². The van der Waals surface area contributed by atoms with Gasteiger partial charge < -0.3 is 9.47 Å². The molecule has 0 fully saturated rings. The Morgan fingerprint density at radius 3 is 2.52 bits per heavy atom. The van der Waals surface area contributed by atoms with E-state index < -0.39 is 11.8 Å². The lowest BCUT2D eigenvalue weighted by molar-refractivity contribution is -0.123. The van der Waals surface area contributed by atoms with Crippen LogP contribution in [0.4, 0.5) is 0 Å². The number of hydrazine groups is 1. The minimum Gasteiger partial charge on any atom is -0.496 e. The molecule has 132 valence electrons. The molecule has 2 amide bonds. The van der Waals surface area contributed by atoms with Gasteiger partial charge in [-0.05, 0) is 42.8 Å². The summed E-state index contributed by atoms with van der Waals surface area (Å²) in [5.41, 5.74) is 5.66. The molecule has 6 nitrogen and oxygen atoms in total. The number of amides is 2. The lowest BCUT2D eigenvalue weighted by atomic mass is 10.2. The van der Waals surface area contributed by atoms with Crippen LogP contribution in [-0.4, -0.2) is 25.5 Å². The molecule has 2 N–H and O–H groups in total. The van der Waals surface area contributed by atoms with Gasteiger partial charge in [0, 0.05) is 5.02 Å². The molecule has 0 heterocycles. The van der Waals surface area contributed by atoms with Crippen LogP contribution in [0.5, 0.6) is 11.5 Å². The Kier molecular flexibility index (Phi) is 6.50. The van der Waals surface area contributed by atoms with Gasteiger partial charge >= 0.3 is 0 Å². The number of carbonyl (C=O) groups excluding carboxylic acids is 2. The van der Waals surface area contributed by atoms with Crippen LogP contribution < -0.4 is 20.3 Å². The van der Waals surface area contributed by atoms with Crippen LogP contribution in [-0.2, 0) is 4.79 Å². The van der Waals surface area contributed by atoms with E-state index in [9.17, 15) is 9.59 Å². The molecule has 25 heavy (non-hydrogen) atoms. The van der Waals surface area contributed by atoms with Gasteiger partial charge in [-0.15, -0.1) is 0 Å². The summed E-state index contributed by atoms with van der Waals surface area (Å²) >= 11 is 11.9. The van der Waals surface area contributed by atoms with Gasteiger partial charge in [-0.3, -0.25) is 20.4 Å². The van der Waals surface area contributed by atoms with Crippen molar-refractivity contribution in [2.45, 2.75) is 6.92 Å². The van der Waals surface area contributed by atoms with Crippen molar-refractivity contribution in [2.24, 2.45) is 0 Å². The van der Waals surface area contributed by atoms with Crippen LogP contribution in [0.25, 0.3) is 0 Å². The van der Waals surface area contributed by atoms with Crippen LogP contribution in [0.1, 0.15) is 15.9 Å². The molecule has 0 unspecified atom stereocenters. The molecule has 2 rings (SSSR count). The van der Waals surface area contributed by atoms with Gasteiger partial charge in [0.15, 0.2) is 6.61 Å². The van der Waals surface area contributed by atoms with E-state index >= 15 is 0 Å². The third-order valence-electron chi connectivity index (χ3n) is 3.17. The van der Waals surface area contributed by atoms with Gasteiger partial charge in [-0.2, -0.15) is 0 Å². The molecule has 2 aromatic carbocycles. The van der Waals surface area contributed by atoms with Crippen molar-refractivity contribution in [1.29, 1.82) is 0 Å². The maximum Gasteiger partial charge on any atom is 0.276 e. The van der Waals surface area contributed by atoms with E-state index in [1.165, 1.54) is 13.2 Å². The van der Waals surface area contributed by atoms with Gasteiger partial charge in [-0.1, -0.05) is 29.3 Å². The van der Waals surface area contributed by atoms with Crippen LogP contribution in [0.15, 0.2) is 36.4 Å². The van der Waals surface area contributed by atoms with Crippen molar-refractivity contribution < 1.29 is 19.1 Å². The first-order valence-electron chi connectivity index (χ1n) is 7.22. The highest BCUT2D eigenvalue weighted by molar-refractivity contribution is 6.32. The fraction of sp³-hybridized carbons (Fsp3) is 0.176. The second-order valence-electron chi connectivity index (χ2n) is 5.07. The summed E-state index contributed by atoms with van der Waals surface area (Å²) in [5, 5.41) is 0.765. The summed E-state index contributed by atoms with van der Waals surface area (Å²) in [6, 6.07) is 9.80. The van der Waals surface area contributed by atoms with E-state index in [1.807, 2.05) is 13.0 Å². The number of hydrogen-bond donors (Lipinski definition) is 2. The summed E-state index contributed by atoms with van der Waals surface area (Å²) in [6.07, 6.45) is 0. The van der Waals surface area contributed by atoms with Crippen molar-refractivity contribution in [3.63, 3.8) is 0 Å². The lowest BCUT2D eigenvalue weighted by Crippen LogP contribution is -2.43. The van der Waals surface area contributed by atoms with Crippen molar-refractivity contribution >= 4 is 35.0 Å². The Balaban J connectivity index is 1.90. The number of halogens is 2. The molecule has 0 bridgehead atoms. The number of nitrogens with one attached hydrogen (secondary N) is 2. The third-order valence-corrected chi connectivity index (χ3v) is 3.71. The van der Waals surface area contributed by atoms with E-state index in [2.05, 4.69) is 10.9 Å². The first kappa shape index (κ1) is 18.9. The molecule has 0 aliphatic rings. The van der Waals surface area contributed by atoms with Gasteiger partial charge in [0.1, 0.15) is 11.5 Å². The van der Waals surface area contributed by atoms with Crippen LogP contribution >= 0.6 is 23.2 Å². The van der Waals surface area contributed by atoms with Crippen molar-refractivity contribution in [3.05, 3.63) is 57.6 Å². The van der Waals surface area contributed by atoms with E-state index in [-0.39, 0.29) is 12.2 Å². The Bertz CT molecular complexity index is 796. The minimum absolute atomic E-state index is 0.193. The van der Waals surface area contributed by atoms with E-state index in [0.717, 1.165) is 5.56 Å². The normalized spacial score (nSPS) is 10.1. The molecule has 0 atom stereocenters. The van der Waals surface area contributed by atoms with Gasteiger partial charge in [0.25, 0.3) is 11.8 Å². The Morgan fingerprint density at radius 2 is 1.80 bits per heavy atom. The lowest BCUT2D eigenvalue weighted by Gasteiger charge is -2.12. The fourth-order valence-electron chi connectivity index (χ4n) is 1.95. The minimum atomic E-state index is -0.568. The van der Waals surface area contributed by atoms with Crippen molar-refractivity contribution in [3.8, 4) is 11.5 Å². The van der Waals surface area contributed by atoms with Crippen molar-refractivity contribution in [1.82, 2.24) is 10.9 Å². The number of carbonyl (C=O) groups is 2. The quantitative estimate of drug-likeness (QED) is 0.778. The molecular weight excluding hydrogens is 367 g/mol. The van der Waals surface area contributed by atoms with E-state index in [4.69, 9.17) is 32.7 Å². The van der Waals surface area contributed by atoms with E-state index in [1.54, 1.807) is 24.3 Å².